The average Bonchev–Trinajstić information content (AvgIpc) is 2.39. The lowest BCUT2D eigenvalue weighted by Gasteiger charge is -2.12. The van der Waals surface area contributed by atoms with Crippen molar-refractivity contribution < 1.29 is 14.3 Å². The molecular weight excluding hydrogens is 260 g/mol. The molecule has 19 heavy (non-hydrogen) atoms. The Morgan fingerprint density at radius 2 is 1.74 bits per heavy atom. The highest BCUT2D eigenvalue weighted by Gasteiger charge is 2.09. The van der Waals surface area contributed by atoms with Crippen LogP contribution in [0.25, 0.3) is 0 Å². The number of hydrogen-bond donors (Lipinski definition) is 0. The molecule has 0 aromatic heterocycles. The van der Waals surface area contributed by atoms with Gasteiger partial charge < -0.3 is 9.47 Å². The van der Waals surface area contributed by atoms with E-state index in [1.807, 2.05) is 24.3 Å². The van der Waals surface area contributed by atoms with Crippen LogP contribution in [0.4, 0.5) is 0 Å². The first-order valence-electron chi connectivity index (χ1n) is 6.38. The number of Topliss-reactive ketones (excluding diaryl/α,β-unsaturated/α-hetero) is 1. The lowest BCUT2D eigenvalue weighted by molar-refractivity contribution is -0.0842. The van der Waals surface area contributed by atoms with Crippen LogP contribution < -0.4 is 0 Å². The molecule has 4 heteroatoms. The maximum Gasteiger partial charge on any atom is 0.166 e. The van der Waals surface area contributed by atoms with E-state index in [0.29, 0.717) is 12.3 Å². The van der Waals surface area contributed by atoms with E-state index in [1.54, 1.807) is 26.0 Å². The summed E-state index contributed by atoms with van der Waals surface area (Å²) in [6.07, 6.45) is 0.397. The molecule has 106 valence electrons. The molecule has 0 radical (unpaired) electrons. The van der Waals surface area contributed by atoms with Crippen molar-refractivity contribution in [2.45, 2.75) is 31.5 Å². The molecule has 0 bridgehead atoms. The van der Waals surface area contributed by atoms with Crippen molar-refractivity contribution in [3.63, 3.8) is 0 Å². The van der Waals surface area contributed by atoms with E-state index in [2.05, 4.69) is 13.8 Å². The highest BCUT2D eigenvalue weighted by atomic mass is 32.2. The van der Waals surface area contributed by atoms with Crippen LogP contribution in [0.2, 0.25) is 0 Å². The first-order valence-corrected chi connectivity index (χ1v) is 7.37. The van der Waals surface area contributed by atoms with Gasteiger partial charge in [-0.15, -0.1) is 11.8 Å². The minimum Gasteiger partial charge on any atom is -0.355 e. The molecule has 0 spiro atoms. The summed E-state index contributed by atoms with van der Waals surface area (Å²) in [5.41, 5.74) is 0.785. The van der Waals surface area contributed by atoms with Crippen molar-refractivity contribution >= 4 is 17.5 Å². The Balaban J connectivity index is 2.54. The number of carbonyl (C=O) groups is 1. The number of thioether (sulfide) groups is 1. The van der Waals surface area contributed by atoms with Gasteiger partial charge in [0.15, 0.2) is 12.1 Å². The van der Waals surface area contributed by atoms with Gasteiger partial charge in [-0.25, -0.2) is 0 Å². The summed E-state index contributed by atoms with van der Waals surface area (Å²) in [5, 5.41) is 0. The molecule has 1 aromatic rings. The second-order valence-corrected chi connectivity index (χ2v) is 5.85. The Labute approximate surface area is 119 Å². The fourth-order valence-electron chi connectivity index (χ4n) is 1.62. The van der Waals surface area contributed by atoms with Crippen LogP contribution >= 0.6 is 11.8 Å². The van der Waals surface area contributed by atoms with Gasteiger partial charge in [0.2, 0.25) is 0 Å². The van der Waals surface area contributed by atoms with Crippen LogP contribution in [0.3, 0.4) is 0 Å². The van der Waals surface area contributed by atoms with E-state index >= 15 is 0 Å². The molecule has 0 aliphatic carbocycles. The Morgan fingerprint density at radius 1 is 1.16 bits per heavy atom. The van der Waals surface area contributed by atoms with Crippen molar-refractivity contribution in [2.24, 2.45) is 5.92 Å². The molecule has 3 nitrogen and oxygen atoms in total. The van der Waals surface area contributed by atoms with Gasteiger partial charge in [-0.05, 0) is 18.1 Å². The third-order valence-electron chi connectivity index (χ3n) is 2.68. The largest absolute Gasteiger partial charge is 0.355 e. The highest BCUT2D eigenvalue weighted by Crippen LogP contribution is 2.21. The molecule has 0 aliphatic rings. The predicted octanol–water partition coefficient (Wildman–Crippen LogP) is 3.63. The number of rotatable bonds is 8. The Hall–Kier alpha value is -0.840. The van der Waals surface area contributed by atoms with Gasteiger partial charge in [-0.1, -0.05) is 26.0 Å². The molecule has 1 aromatic carbocycles. The normalized spacial score (nSPS) is 11.3. The van der Waals surface area contributed by atoms with Crippen LogP contribution in [0.1, 0.15) is 30.6 Å². The number of ketones is 1. The molecule has 0 unspecified atom stereocenters. The van der Waals surface area contributed by atoms with Crippen LogP contribution in [0.5, 0.6) is 0 Å². The summed E-state index contributed by atoms with van der Waals surface area (Å²) < 4.78 is 10.3. The van der Waals surface area contributed by atoms with Gasteiger partial charge >= 0.3 is 0 Å². The van der Waals surface area contributed by atoms with E-state index in [-0.39, 0.29) is 12.1 Å². The third kappa shape index (κ3) is 5.76. The molecular formula is C15H22O3S. The monoisotopic (exact) mass is 282 g/mol. The zero-order chi connectivity index (χ0) is 14.3. The highest BCUT2D eigenvalue weighted by molar-refractivity contribution is 7.99. The minimum absolute atomic E-state index is 0.202. The van der Waals surface area contributed by atoms with E-state index in [4.69, 9.17) is 9.47 Å². The lowest BCUT2D eigenvalue weighted by atomic mass is 10.0. The van der Waals surface area contributed by atoms with E-state index < -0.39 is 0 Å². The number of methoxy groups -OCH3 is 2. The van der Waals surface area contributed by atoms with Crippen molar-refractivity contribution in [1.82, 2.24) is 0 Å². The SMILES string of the molecule is COC(CSc1ccc(C(=O)CC(C)C)cc1)OC. The first kappa shape index (κ1) is 16.2. The van der Waals surface area contributed by atoms with E-state index in [9.17, 15) is 4.79 Å². The predicted molar refractivity (Wildman–Crippen MR) is 78.8 cm³/mol. The topological polar surface area (TPSA) is 35.5 Å². The Kier molecular flexibility index (Phi) is 7.13. The zero-order valence-electron chi connectivity index (χ0n) is 12.0. The molecule has 0 amide bonds. The molecule has 1 rings (SSSR count). The number of carbonyl (C=O) groups excluding carboxylic acids is 1. The number of hydrogen-bond acceptors (Lipinski definition) is 4. The quantitative estimate of drug-likeness (QED) is 0.414. The van der Waals surface area contributed by atoms with Crippen molar-refractivity contribution in [2.75, 3.05) is 20.0 Å². The summed E-state index contributed by atoms with van der Waals surface area (Å²) >= 11 is 1.65. The summed E-state index contributed by atoms with van der Waals surface area (Å²) in [6.45, 7) is 4.11. The number of ether oxygens (including phenoxy) is 2. The molecule has 0 atom stereocenters. The molecule has 0 aliphatic heterocycles. The number of benzene rings is 1. The third-order valence-corrected chi connectivity index (χ3v) is 3.73. The van der Waals surface area contributed by atoms with Crippen molar-refractivity contribution in [3.8, 4) is 0 Å². The fourth-order valence-corrected chi connectivity index (χ4v) is 2.55. The maximum atomic E-state index is 11.9. The van der Waals surface area contributed by atoms with Crippen LogP contribution in [0, 0.1) is 5.92 Å². The fraction of sp³-hybridized carbons (Fsp3) is 0.533. The molecule has 0 N–H and O–H groups in total. The van der Waals surface area contributed by atoms with Gasteiger partial charge in [0, 0.05) is 36.9 Å². The molecule has 0 saturated heterocycles. The molecule has 0 heterocycles. The second kappa shape index (κ2) is 8.35. The van der Waals surface area contributed by atoms with Gasteiger partial charge in [0.05, 0.1) is 0 Å². The standard InChI is InChI=1S/C15H22O3S/c1-11(2)9-14(16)12-5-7-13(8-6-12)19-10-15(17-3)18-4/h5-8,11,15H,9-10H2,1-4H3. The van der Waals surface area contributed by atoms with E-state index in [0.717, 1.165) is 16.2 Å². The van der Waals surface area contributed by atoms with Crippen LogP contribution in [-0.4, -0.2) is 32.0 Å². The van der Waals surface area contributed by atoms with E-state index in [1.165, 1.54) is 0 Å². The Morgan fingerprint density at radius 3 is 2.21 bits per heavy atom. The van der Waals surface area contributed by atoms with Gasteiger partial charge in [0.1, 0.15) is 0 Å². The minimum atomic E-state index is -0.202. The van der Waals surface area contributed by atoms with Crippen molar-refractivity contribution in [3.05, 3.63) is 29.8 Å². The summed E-state index contributed by atoms with van der Waals surface area (Å²) in [7, 11) is 3.25. The average molecular weight is 282 g/mol. The molecule has 0 saturated carbocycles. The summed E-state index contributed by atoms with van der Waals surface area (Å²) in [4.78, 5) is 13.0. The van der Waals surface area contributed by atoms with Gasteiger partial charge in [-0.2, -0.15) is 0 Å². The van der Waals surface area contributed by atoms with Gasteiger partial charge in [-0.3, -0.25) is 4.79 Å². The van der Waals surface area contributed by atoms with Crippen LogP contribution in [0.15, 0.2) is 29.2 Å². The lowest BCUT2D eigenvalue weighted by Crippen LogP contribution is -2.15. The first-order chi connectivity index (χ1) is 9.06. The summed E-state index contributed by atoms with van der Waals surface area (Å²) in [5.74, 6) is 1.33. The zero-order valence-corrected chi connectivity index (χ0v) is 12.8. The maximum absolute atomic E-state index is 11.9. The summed E-state index contributed by atoms with van der Waals surface area (Å²) in [6, 6.07) is 7.73. The second-order valence-electron chi connectivity index (χ2n) is 4.76. The van der Waals surface area contributed by atoms with Crippen molar-refractivity contribution in [1.29, 1.82) is 0 Å². The Bertz CT molecular complexity index is 383. The molecule has 0 fully saturated rings. The smallest absolute Gasteiger partial charge is 0.166 e. The van der Waals surface area contributed by atoms with Crippen LogP contribution in [-0.2, 0) is 9.47 Å². The van der Waals surface area contributed by atoms with Gasteiger partial charge in [0.25, 0.3) is 0 Å².